The SMILES string of the molecule is O=C([O-])[C@@H]1[C@H]2C(=O)N3c4ccccc4[C@@H]4OCC[C@@H]4[C@H]3[C@]23C=C[C@H]1O3. The summed E-state index contributed by atoms with van der Waals surface area (Å²) in [7, 11) is 0. The van der Waals surface area contributed by atoms with Gasteiger partial charge in [-0.05, 0) is 12.5 Å². The smallest absolute Gasteiger partial charge is 0.234 e. The molecular weight excluding hydrogens is 322 g/mol. The summed E-state index contributed by atoms with van der Waals surface area (Å²) in [6.45, 7) is 0.639. The number of hydrogen-bond acceptors (Lipinski definition) is 5. The zero-order valence-corrected chi connectivity index (χ0v) is 13.3. The van der Waals surface area contributed by atoms with Crippen LogP contribution >= 0.6 is 0 Å². The van der Waals surface area contributed by atoms with Crippen LogP contribution in [-0.4, -0.2) is 36.2 Å². The van der Waals surface area contributed by atoms with Crippen molar-refractivity contribution in [2.24, 2.45) is 17.8 Å². The third kappa shape index (κ3) is 1.42. The molecule has 0 aliphatic carbocycles. The minimum Gasteiger partial charge on any atom is -0.550 e. The molecule has 128 valence electrons. The largest absolute Gasteiger partial charge is 0.550 e. The van der Waals surface area contributed by atoms with Gasteiger partial charge in [-0.3, -0.25) is 4.79 Å². The van der Waals surface area contributed by atoms with Gasteiger partial charge in [0.15, 0.2) is 0 Å². The number of nitrogens with zero attached hydrogens (tertiary/aromatic N) is 1. The standard InChI is InChI=1S/C19H17NO5/c21-17-14-13(18(22)23)12-5-7-19(14,25-12)16-10-6-8-24-15(10)9-3-1-2-4-11(9)20(16)17/h1-5,7,10,12-16H,6,8H2,(H,22,23)/p-1/t10-,12+,13-,14-,15-,16-,19-/m0/s1. The average Bonchev–Trinajstić information content (AvgIpc) is 3.35. The van der Waals surface area contributed by atoms with Crippen molar-refractivity contribution in [1.82, 2.24) is 0 Å². The van der Waals surface area contributed by atoms with Crippen LogP contribution < -0.4 is 10.0 Å². The molecule has 5 heterocycles. The van der Waals surface area contributed by atoms with Crippen LogP contribution in [0.5, 0.6) is 0 Å². The van der Waals surface area contributed by atoms with E-state index in [0.29, 0.717) is 6.61 Å². The van der Waals surface area contributed by atoms with Gasteiger partial charge in [-0.25, -0.2) is 0 Å². The van der Waals surface area contributed by atoms with E-state index in [-0.39, 0.29) is 24.0 Å². The van der Waals surface area contributed by atoms with Crippen molar-refractivity contribution in [2.45, 2.75) is 30.3 Å². The Labute approximate surface area is 144 Å². The Morgan fingerprint density at radius 1 is 1.32 bits per heavy atom. The van der Waals surface area contributed by atoms with Gasteiger partial charge < -0.3 is 24.3 Å². The normalized spacial score (nSPS) is 45.3. The first kappa shape index (κ1) is 14.0. The molecule has 1 aromatic carbocycles. The predicted molar refractivity (Wildman–Crippen MR) is 83.2 cm³/mol. The summed E-state index contributed by atoms with van der Waals surface area (Å²) in [4.78, 5) is 26.9. The molecule has 5 aliphatic heterocycles. The van der Waals surface area contributed by atoms with E-state index >= 15 is 0 Å². The highest BCUT2D eigenvalue weighted by Crippen LogP contribution is 2.62. The van der Waals surface area contributed by atoms with Gasteiger partial charge in [0.2, 0.25) is 5.91 Å². The van der Waals surface area contributed by atoms with Crippen LogP contribution in [0.2, 0.25) is 0 Å². The molecule has 0 radical (unpaired) electrons. The Hall–Kier alpha value is -2.18. The second kappa shape index (κ2) is 4.31. The number of carboxylic acids is 1. The van der Waals surface area contributed by atoms with Gasteiger partial charge in [-0.2, -0.15) is 0 Å². The summed E-state index contributed by atoms with van der Waals surface area (Å²) in [6.07, 6.45) is 3.91. The lowest BCUT2D eigenvalue weighted by atomic mass is 9.70. The van der Waals surface area contributed by atoms with Crippen LogP contribution in [0.4, 0.5) is 5.69 Å². The van der Waals surface area contributed by atoms with Crippen molar-refractivity contribution in [3.8, 4) is 0 Å². The van der Waals surface area contributed by atoms with Crippen molar-refractivity contribution in [1.29, 1.82) is 0 Å². The summed E-state index contributed by atoms with van der Waals surface area (Å²) < 4.78 is 12.2. The van der Waals surface area contributed by atoms with Crippen molar-refractivity contribution >= 4 is 17.6 Å². The summed E-state index contributed by atoms with van der Waals surface area (Å²) >= 11 is 0. The highest BCUT2D eigenvalue weighted by molar-refractivity contribution is 6.04. The van der Waals surface area contributed by atoms with Gasteiger partial charge in [0, 0.05) is 35.7 Å². The van der Waals surface area contributed by atoms with E-state index in [0.717, 1.165) is 17.7 Å². The van der Waals surface area contributed by atoms with E-state index in [9.17, 15) is 14.7 Å². The topological polar surface area (TPSA) is 78.9 Å². The molecule has 6 nitrogen and oxygen atoms in total. The first-order chi connectivity index (χ1) is 12.1. The van der Waals surface area contributed by atoms with E-state index in [4.69, 9.17) is 9.47 Å². The maximum atomic E-state index is 13.4. The van der Waals surface area contributed by atoms with E-state index in [1.807, 2.05) is 30.3 Å². The van der Waals surface area contributed by atoms with Gasteiger partial charge in [-0.1, -0.05) is 30.4 Å². The van der Waals surface area contributed by atoms with E-state index in [1.165, 1.54) is 0 Å². The van der Waals surface area contributed by atoms with Gasteiger partial charge in [0.1, 0.15) is 5.60 Å². The van der Waals surface area contributed by atoms with E-state index in [2.05, 4.69) is 0 Å². The molecule has 1 spiro atoms. The molecule has 0 saturated carbocycles. The van der Waals surface area contributed by atoms with Gasteiger partial charge in [0.25, 0.3) is 0 Å². The highest BCUT2D eigenvalue weighted by Gasteiger charge is 2.73. The molecule has 1 aromatic rings. The van der Waals surface area contributed by atoms with Crippen LogP contribution in [0.25, 0.3) is 0 Å². The van der Waals surface area contributed by atoms with E-state index in [1.54, 1.807) is 11.0 Å². The lowest BCUT2D eigenvalue weighted by Gasteiger charge is -2.43. The fraction of sp³-hybridized carbons (Fsp3) is 0.474. The van der Waals surface area contributed by atoms with E-state index < -0.39 is 29.5 Å². The van der Waals surface area contributed by atoms with Crippen LogP contribution in [-0.2, 0) is 19.1 Å². The van der Waals surface area contributed by atoms with Crippen molar-refractivity contribution in [3.63, 3.8) is 0 Å². The van der Waals surface area contributed by atoms with Crippen LogP contribution in [0.1, 0.15) is 18.1 Å². The second-order valence-corrected chi connectivity index (χ2v) is 7.57. The number of rotatable bonds is 1. The number of carboxylic acid groups (broad SMARTS) is 1. The molecule has 25 heavy (non-hydrogen) atoms. The molecule has 6 rings (SSSR count). The average molecular weight is 338 g/mol. The third-order valence-corrected chi connectivity index (χ3v) is 6.65. The third-order valence-electron chi connectivity index (χ3n) is 6.65. The highest BCUT2D eigenvalue weighted by atomic mass is 16.5. The molecule has 5 aliphatic rings. The molecule has 0 N–H and O–H groups in total. The Morgan fingerprint density at radius 2 is 2.16 bits per heavy atom. The number of amides is 1. The zero-order valence-electron chi connectivity index (χ0n) is 13.3. The van der Waals surface area contributed by atoms with Crippen molar-refractivity contribution in [3.05, 3.63) is 42.0 Å². The number of carbonyl (C=O) groups excluding carboxylic acids is 2. The molecule has 1 amide bonds. The van der Waals surface area contributed by atoms with Crippen LogP contribution in [0.15, 0.2) is 36.4 Å². The first-order valence-electron chi connectivity index (χ1n) is 8.75. The van der Waals surface area contributed by atoms with Gasteiger partial charge in [-0.15, -0.1) is 0 Å². The first-order valence-corrected chi connectivity index (χ1v) is 8.75. The summed E-state index contributed by atoms with van der Waals surface area (Å²) in [5.41, 5.74) is 0.952. The number of hydrogen-bond donors (Lipinski definition) is 0. The Kier molecular flexibility index (Phi) is 2.42. The predicted octanol–water partition coefficient (Wildman–Crippen LogP) is 0.183. The minimum absolute atomic E-state index is 0.0728. The lowest BCUT2D eigenvalue weighted by Crippen LogP contribution is -2.53. The van der Waals surface area contributed by atoms with Gasteiger partial charge in [0.05, 0.1) is 24.2 Å². The molecule has 6 heteroatoms. The summed E-state index contributed by atoms with van der Waals surface area (Å²) in [5.74, 6) is -2.90. The minimum atomic E-state index is -1.21. The number of carbonyl (C=O) groups is 2. The second-order valence-electron chi connectivity index (χ2n) is 7.57. The number of ether oxygens (including phenoxy) is 2. The number of para-hydroxylation sites is 1. The van der Waals surface area contributed by atoms with Crippen LogP contribution in [0.3, 0.4) is 0 Å². The quantitative estimate of drug-likeness (QED) is 0.683. The maximum absolute atomic E-state index is 13.4. The van der Waals surface area contributed by atoms with Crippen molar-refractivity contribution in [2.75, 3.05) is 11.5 Å². The molecular formula is C19H16NO5-. The molecule has 2 bridgehead atoms. The molecule has 3 saturated heterocycles. The van der Waals surface area contributed by atoms with Gasteiger partial charge >= 0.3 is 0 Å². The Morgan fingerprint density at radius 3 is 3.00 bits per heavy atom. The van der Waals surface area contributed by atoms with Crippen LogP contribution in [0, 0.1) is 17.8 Å². The molecule has 7 atom stereocenters. The molecule has 0 unspecified atom stereocenters. The summed E-state index contributed by atoms with van der Waals surface area (Å²) in [6, 6.07) is 7.54. The maximum Gasteiger partial charge on any atom is 0.234 e. The molecule has 3 fully saturated rings. The summed E-state index contributed by atoms with van der Waals surface area (Å²) in [5, 5.41) is 11.7. The number of anilines is 1. The van der Waals surface area contributed by atoms with Crippen molar-refractivity contribution < 1.29 is 24.2 Å². The fourth-order valence-electron chi connectivity index (χ4n) is 5.85. The monoisotopic (exact) mass is 338 g/mol. The Balaban J connectivity index is 1.59. The Bertz CT molecular complexity index is 850. The molecule has 0 aromatic heterocycles. The number of benzene rings is 1. The lowest BCUT2D eigenvalue weighted by molar-refractivity contribution is -0.313. The fourth-order valence-corrected chi connectivity index (χ4v) is 5.85. The number of aliphatic carboxylic acids is 1. The zero-order chi connectivity index (χ0) is 16.9. The number of fused-ring (bicyclic) bond motifs is 7.